The number of aliphatic carboxylic acids is 1. The Morgan fingerprint density at radius 2 is 1.90 bits per heavy atom. The van der Waals surface area contributed by atoms with E-state index >= 15 is 0 Å². The molecular weight excluding hydrogens is 296 g/mol. The van der Waals surface area contributed by atoms with Gasteiger partial charge in [-0.05, 0) is 41.5 Å². The third kappa shape index (κ3) is 2.62. The SMILES string of the molecule is Cl.O=C(c1ccc2c(c1)CC(C(=O)O)C2)c1cccs1. The molecule has 1 N–H and O–H groups in total. The first-order valence-corrected chi connectivity index (χ1v) is 6.96. The van der Waals surface area contributed by atoms with Crippen molar-refractivity contribution in [3.05, 3.63) is 57.3 Å². The van der Waals surface area contributed by atoms with Gasteiger partial charge in [0, 0.05) is 5.56 Å². The normalized spacial score (nSPS) is 16.3. The minimum Gasteiger partial charge on any atom is -0.481 e. The molecule has 0 saturated carbocycles. The summed E-state index contributed by atoms with van der Waals surface area (Å²) >= 11 is 1.42. The van der Waals surface area contributed by atoms with Crippen LogP contribution in [0.5, 0.6) is 0 Å². The number of hydrogen-bond donors (Lipinski definition) is 1. The Hall–Kier alpha value is -1.65. The molecule has 104 valence electrons. The van der Waals surface area contributed by atoms with Crippen LogP contribution in [-0.2, 0) is 17.6 Å². The van der Waals surface area contributed by atoms with E-state index in [1.165, 1.54) is 11.3 Å². The lowest BCUT2D eigenvalue weighted by Crippen LogP contribution is -2.12. The number of carboxylic acid groups (broad SMARTS) is 1. The summed E-state index contributed by atoms with van der Waals surface area (Å²) in [5.41, 5.74) is 2.69. The average molecular weight is 309 g/mol. The third-order valence-corrected chi connectivity index (χ3v) is 4.36. The minimum atomic E-state index is -0.762. The Bertz CT molecular complexity index is 649. The van der Waals surface area contributed by atoms with Crippen LogP contribution in [0.25, 0.3) is 0 Å². The van der Waals surface area contributed by atoms with Crippen molar-refractivity contribution in [2.75, 3.05) is 0 Å². The molecule has 20 heavy (non-hydrogen) atoms. The highest BCUT2D eigenvalue weighted by molar-refractivity contribution is 7.12. The van der Waals surface area contributed by atoms with Crippen LogP contribution in [0.1, 0.15) is 26.4 Å². The maximum absolute atomic E-state index is 12.2. The fourth-order valence-electron chi connectivity index (χ4n) is 2.48. The molecule has 5 heteroatoms. The largest absolute Gasteiger partial charge is 0.481 e. The zero-order valence-corrected chi connectivity index (χ0v) is 12.2. The van der Waals surface area contributed by atoms with Gasteiger partial charge in [0.1, 0.15) is 0 Å². The van der Waals surface area contributed by atoms with Gasteiger partial charge < -0.3 is 5.11 Å². The van der Waals surface area contributed by atoms with Crippen molar-refractivity contribution in [2.24, 2.45) is 5.92 Å². The van der Waals surface area contributed by atoms with Crippen molar-refractivity contribution in [1.29, 1.82) is 0 Å². The van der Waals surface area contributed by atoms with Crippen molar-refractivity contribution in [1.82, 2.24) is 0 Å². The number of fused-ring (bicyclic) bond motifs is 1. The van der Waals surface area contributed by atoms with E-state index in [0.717, 1.165) is 11.1 Å². The molecule has 0 aliphatic heterocycles. The first-order valence-electron chi connectivity index (χ1n) is 6.08. The van der Waals surface area contributed by atoms with Crippen LogP contribution in [0, 0.1) is 5.92 Å². The van der Waals surface area contributed by atoms with Crippen molar-refractivity contribution < 1.29 is 14.7 Å². The third-order valence-electron chi connectivity index (χ3n) is 3.50. The molecule has 0 saturated heterocycles. The highest BCUT2D eigenvalue weighted by atomic mass is 35.5. The lowest BCUT2D eigenvalue weighted by Gasteiger charge is -2.02. The molecule has 1 aromatic carbocycles. The zero-order valence-electron chi connectivity index (χ0n) is 10.5. The van der Waals surface area contributed by atoms with Crippen molar-refractivity contribution in [3.8, 4) is 0 Å². The second-order valence-electron chi connectivity index (χ2n) is 4.73. The lowest BCUT2D eigenvalue weighted by molar-refractivity contribution is -0.141. The van der Waals surface area contributed by atoms with Crippen LogP contribution in [-0.4, -0.2) is 16.9 Å². The van der Waals surface area contributed by atoms with Crippen LogP contribution in [0.4, 0.5) is 0 Å². The summed E-state index contributed by atoms with van der Waals surface area (Å²) in [5.74, 6) is -1.10. The van der Waals surface area contributed by atoms with Crippen LogP contribution < -0.4 is 0 Å². The second kappa shape index (κ2) is 5.77. The maximum Gasteiger partial charge on any atom is 0.307 e. The predicted molar refractivity (Wildman–Crippen MR) is 80.0 cm³/mol. The van der Waals surface area contributed by atoms with Gasteiger partial charge in [0.05, 0.1) is 10.8 Å². The van der Waals surface area contributed by atoms with Gasteiger partial charge in [-0.15, -0.1) is 23.7 Å². The van der Waals surface area contributed by atoms with E-state index < -0.39 is 5.97 Å². The van der Waals surface area contributed by atoms with Gasteiger partial charge in [-0.25, -0.2) is 0 Å². The fraction of sp³-hybridized carbons (Fsp3) is 0.200. The molecular formula is C15H13ClO3S. The van der Waals surface area contributed by atoms with Gasteiger partial charge in [0.25, 0.3) is 0 Å². The van der Waals surface area contributed by atoms with Gasteiger partial charge in [0.2, 0.25) is 5.78 Å². The Kier molecular flexibility index (Phi) is 4.26. The molecule has 0 fully saturated rings. The maximum atomic E-state index is 12.2. The Morgan fingerprint density at radius 3 is 2.55 bits per heavy atom. The number of carbonyl (C=O) groups is 2. The van der Waals surface area contributed by atoms with Crippen LogP contribution in [0.15, 0.2) is 35.7 Å². The van der Waals surface area contributed by atoms with E-state index in [1.807, 2.05) is 23.6 Å². The molecule has 1 aliphatic rings. The molecule has 3 rings (SSSR count). The average Bonchev–Trinajstić information content (AvgIpc) is 3.06. The summed E-state index contributed by atoms with van der Waals surface area (Å²) in [5, 5.41) is 10.9. The standard InChI is InChI=1S/C15H12O3S.ClH/c16-14(13-2-1-5-19-13)10-4-3-9-6-12(15(17)18)8-11(9)7-10;/h1-5,7,12H,6,8H2,(H,17,18);1H. The van der Waals surface area contributed by atoms with Crippen LogP contribution >= 0.6 is 23.7 Å². The molecule has 2 aromatic rings. The number of hydrogen-bond acceptors (Lipinski definition) is 3. The quantitative estimate of drug-likeness (QED) is 0.886. The van der Waals surface area contributed by atoms with Crippen LogP contribution in [0.3, 0.4) is 0 Å². The van der Waals surface area contributed by atoms with E-state index in [2.05, 4.69) is 0 Å². The zero-order chi connectivity index (χ0) is 13.4. The molecule has 1 unspecified atom stereocenters. The molecule has 0 radical (unpaired) electrons. The number of halogens is 1. The number of carboxylic acids is 1. The smallest absolute Gasteiger partial charge is 0.307 e. The Labute approximate surface area is 126 Å². The molecule has 1 aliphatic carbocycles. The van der Waals surface area contributed by atoms with Gasteiger partial charge in [-0.3, -0.25) is 9.59 Å². The molecule has 1 atom stereocenters. The molecule has 1 heterocycles. The number of benzene rings is 1. The van der Waals surface area contributed by atoms with E-state index in [0.29, 0.717) is 23.3 Å². The van der Waals surface area contributed by atoms with E-state index in [1.54, 1.807) is 12.1 Å². The predicted octanol–water partition coefficient (Wildman–Crippen LogP) is 3.20. The molecule has 0 spiro atoms. The number of rotatable bonds is 3. The monoisotopic (exact) mass is 308 g/mol. The van der Waals surface area contributed by atoms with Gasteiger partial charge in [-0.1, -0.05) is 18.2 Å². The van der Waals surface area contributed by atoms with Crippen LogP contribution in [0.2, 0.25) is 0 Å². The highest BCUT2D eigenvalue weighted by Gasteiger charge is 2.27. The molecule has 0 amide bonds. The summed E-state index contributed by atoms with van der Waals surface area (Å²) in [6.45, 7) is 0. The summed E-state index contributed by atoms with van der Waals surface area (Å²) in [4.78, 5) is 23.9. The van der Waals surface area contributed by atoms with Gasteiger partial charge >= 0.3 is 5.97 Å². The van der Waals surface area contributed by atoms with E-state index in [9.17, 15) is 9.59 Å². The van der Waals surface area contributed by atoms with Crippen molar-refractivity contribution in [2.45, 2.75) is 12.8 Å². The molecule has 3 nitrogen and oxygen atoms in total. The molecule has 0 bridgehead atoms. The second-order valence-corrected chi connectivity index (χ2v) is 5.68. The number of ketones is 1. The Morgan fingerprint density at radius 1 is 1.15 bits per heavy atom. The highest BCUT2D eigenvalue weighted by Crippen LogP contribution is 2.28. The van der Waals surface area contributed by atoms with Crippen molar-refractivity contribution in [3.63, 3.8) is 0 Å². The number of thiophene rings is 1. The van der Waals surface area contributed by atoms with Crippen molar-refractivity contribution >= 4 is 35.5 Å². The van der Waals surface area contributed by atoms with E-state index in [-0.39, 0.29) is 24.1 Å². The first kappa shape index (κ1) is 14.8. The Balaban J connectivity index is 0.00000147. The molecule has 1 aromatic heterocycles. The lowest BCUT2D eigenvalue weighted by atomic mass is 10.0. The fourth-order valence-corrected chi connectivity index (χ4v) is 3.17. The topological polar surface area (TPSA) is 54.4 Å². The summed E-state index contributed by atoms with van der Waals surface area (Å²) in [6, 6.07) is 9.19. The minimum absolute atomic E-state index is 0. The summed E-state index contributed by atoms with van der Waals surface area (Å²) in [6.07, 6.45) is 1.09. The number of carbonyl (C=O) groups excluding carboxylic acids is 1. The summed E-state index contributed by atoms with van der Waals surface area (Å²) < 4.78 is 0. The van der Waals surface area contributed by atoms with E-state index in [4.69, 9.17) is 5.11 Å². The van der Waals surface area contributed by atoms with Gasteiger partial charge in [-0.2, -0.15) is 0 Å². The first-order chi connectivity index (χ1) is 9.15. The van der Waals surface area contributed by atoms with Gasteiger partial charge in [0.15, 0.2) is 0 Å². The summed E-state index contributed by atoms with van der Waals surface area (Å²) in [7, 11) is 0.